The maximum Gasteiger partial charge on any atom is 0.173 e. The van der Waals surface area contributed by atoms with Crippen molar-refractivity contribution in [3.05, 3.63) is 91.8 Å². The van der Waals surface area contributed by atoms with Crippen LogP contribution < -0.4 is 5.32 Å². The van der Waals surface area contributed by atoms with Gasteiger partial charge in [-0.3, -0.25) is 9.59 Å². The van der Waals surface area contributed by atoms with Gasteiger partial charge in [0.05, 0.1) is 28.3 Å². The van der Waals surface area contributed by atoms with E-state index in [-0.39, 0.29) is 17.3 Å². The molecule has 0 saturated carbocycles. The number of carbonyl (C=O) groups excluding carboxylic acids is 2. The number of ketones is 2. The number of nitrogens with one attached hydrogen (secondary N) is 1. The van der Waals surface area contributed by atoms with Crippen molar-refractivity contribution in [3.63, 3.8) is 0 Å². The van der Waals surface area contributed by atoms with Crippen LogP contribution in [0.3, 0.4) is 0 Å². The van der Waals surface area contributed by atoms with Crippen molar-refractivity contribution in [1.29, 1.82) is 5.26 Å². The van der Waals surface area contributed by atoms with Crippen LogP contribution >= 0.6 is 23.1 Å². The summed E-state index contributed by atoms with van der Waals surface area (Å²) in [6.07, 6.45) is 0. The first-order chi connectivity index (χ1) is 15.4. The molecule has 2 heterocycles. The smallest absolute Gasteiger partial charge is 0.173 e. The molecule has 0 bridgehead atoms. The van der Waals surface area contributed by atoms with E-state index in [0.717, 1.165) is 26.9 Å². The molecule has 1 unspecified atom stereocenters. The molecule has 1 atom stereocenters. The monoisotopic (exact) mass is 458 g/mol. The molecule has 4 nitrogen and oxygen atoms in total. The second kappa shape index (κ2) is 9.15. The van der Waals surface area contributed by atoms with Crippen LogP contribution in [0.2, 0.25) is 0 Å². The maximum atomic E-state index is 12.9. The normalized spacial score (nSPS) is 16.1. The quantitative estimate of drug-likeness (QED) is 0.451. The van der Waals surface area contributed by atoms with Gasteiger partial charge in [-0.1, -0.05) is 48.2 Å². The first kappa shape index (κ1) is 22.1. The Morgan fingerprint density at radius 3 is 2.53 bits per heavy atom. The van der Waals surface area contributed by atoms with Crippen LogP contribution in [0.1, 0.15) is 40.6 Å². The number of nitrogens with zero attached hydrogens (tertiary/aromatic N) is 1. The number of nitriles is 1. The number of benzene rings is 2. The van der Waals surface area contributed by atoms with Gasteiger partial charge in [0, 0.05) is 21.7 Å². The van der Waals surface area contributed by atoms with Crippen LogP contribution in [0.15, 0.2) is 75.8 Å². The molecule has 160 valence electrons. The molecule has 1 aliphatic heterocycles. The molecule has 32 heavy (non-hydrogen) atoms. The van der Waals surface area contributed by atoms with Crippen molar-refractivity contribution in [1.82, 2.24) is 5.32 Å². The highest BCUT2D eigenvalue weighted by molar-refractivity contribution is 8.03. The van der Waals surface area contributed by atoms with Crippen LogP contribution in [-0.2, 0) is 4.79 Å². The fraction of sp³-hybridized carbons (Fsp3) is 0.192. The van der Waals surface area contributed by atoms with Crippen molar-refractivity contribution >= 4 is 45.4 Å². The molecule has 1 aromatic heterocycles. The SMILES string of the molecule is CC(=O)C1=C(C)NC(SCC(=O)c2ccc3ccccc3c2)=C(C#N)C1c1sccc1C. The molecular weight excluding hydrogens is 436 g/mol. The topological polar surface area (TPSA) is 70.0 Å². The van der Waals surface area contributed by atoms with E-state index in [9.17, 15) is 14.9 Å². The third-order valence-corrected chi connectivity index (χ3v) is 7.71. The number of carbonyl (C=O) groups is 2. The summed E-state index contributed by atoms with van der Waals surface area (Å²) in [5, 5.41) is 18.0. The highest BCUT2D eigenvalue weighted by Crippen LogP contribution is 2.43. The molecule has 4 rings (SSSR count). The fourth-order valence-electron chi connectivity index (χ4n) is 4.02. The minimum absolute atomic E-state index is 0.00445. The molecule has 6 heteroatoms. The number of thioether (sulfide) groups is 1. The minimum atomic E-state index is -0.406. The highest BCUT2D eigenvalue weighted by atomic mass is 32.2. The van der Waals surface area contributed by atoms with Gasteiger partial charge < -0.3 is 5.32 Å². The van der Waals surface area contributed by atoms with E-state index in [1.54, 1.807) is 11.3 Å². The van der Waals surface area contributed by atoms with Crippen molar-refractivity contribution in [2.45, 2.75) is 26.7 Å². The van der Waals surface area contributed by atoms with Gasteiger partial charge in [-0.05, 0) is 54.6 Å². The standard InChI is InChI=1S/C26H22N2O2S2/c1-15-10-11-31-25(15)24-21(13-27)26(28-16(2)23(24)17(3)29)32-14-22(30)20-9-8-18-6-4-5-7-19(18)12-20/h4-12,24,28H,14H2,1-3H3. The Morgan fingerprint density at radius 1 is 1.12 bits per heavy atom. The molecule has 0 fully saturated rings. The fourth-order valence-corrected chi connectivity index (χ4v) is 6.05. The largest absolute Gasteiger partial charge is 0.353 e. The van der Waals surface area contributed by atoms with Gasteiger partial charge in [0.15, 0.2) is 11.6 Å². The number of thiophene rings is 1. The maximum absolute atomic E-state index is 12.9. The average molecular weight is 459 g/mol. The van der Waals surface area contributed by atoms with E-state index in [1.165, 1.54) is 18.7 Å². The molecule has 0 spiro atoms. The summed E-state index contributed by atoms with van der Waals surface area (Å²) < 4.78 is 0. The molecule has 1 aliphatic rings. The van der Waals surface area contributed by atoms with Crippen LogP contribution in [0, 0.1) is 18.3 Å². The van der Waals surface area contributed by atoms with Gasteiger partial charge >= 0.3 is 0 Å². The lowest BCUT2D eigenvalue weighted by molar-refractivity contribution is -0.113. The first-order valence-corrected chi connectivity index (χ1v) is 12.1. The second-order valence-electron chi connectivity index (χ2n) is 7.75. The predicted molar refractivity (Wildman–Crippen MR) is 132 cm³/mol. The lowest BCUT2D eigenvalue weighted by atomic mass is 9.84. The number of rotatable bonds is 6. The van der Waals surface area contributed by atoms with E-state index in [0.29, 0.717) is 21.7 Å². The van der Waals surface area contributed by atoms with Crippen LogP contribution in [0.4, 0.5) is 0 Å². The average Bonchev–Trinajstić information content (AvgIpc) is 3.21. The Balaban J connectivity index is 1.64. The number of hydrogen-bond acceptors (Lipinski definition) is 6. The van der Waals surface area contributed by atoms with E-state index < -0.39 is 5.92 Å². The number of dihydropyridines is 1. The predicted octanol–water partition coefficient (Wildman–Crippen LogP) is 6.11. The Hall–Kier alpha value is -3.14. The third-order valence-electron chi connectivity index (χ3n) is 5.61. The number of hydrogen-bond donors (Lipinski definition) is 1. The van der Waals surface area contributed by atoms with Gasteiger partial charge in [0.1, 0.15) is 0 Å². The van der Waals surface area contributed by atoms with Gasteiger partial charge in [0.25, 0.3) is 0 Å². The minimum Gasteiger partial charge on any atom is -0.353 e. The van der Waals surface area contributed by atoms with Crippen molar-refractivity contribution < 1.29 is 9.59 Å². The molecular formula is C26H22N2O2S2. The number of fused-ring (bicyclic) bond motifs is 1. The lowest BCUT2D eigenvalue weighted by Gasteiger charge is -2.29. The van der Waals surface area contributed by atoms with Crippen molar-refractivity contribution in [2.75, 3.05) is 5.75 Å². The summed E-state index contributed by atoms with van der Waals surface area (Å²) in [5.74, 6) is -0.269. The number of allylic oxidation sites excluding steroid dienone is 3. The third kappa shape index (κ3) is 4.14. The zero-order chi connectivity index (χ0) is 22.8. The Morgan fingerprint density at radius 2 is 1.88 bits per heavy atom. The molecule has 0 aliphatic carbocycles. The molecule has 0 saturated heterocycles. The summed E-state index contributed by atoms with van der Waals surface area (Å²) in [6.45, 7) is 5.38. The van der Waals surface area contributed by atoms with Gasteiger partial charge in [-0.2, -0.15) is 5.26 Å². The lowest BCUT2D eigenvalue weighted by Crippen LogP contribution is -2.27. The molecule has 2 aromatic carbocycles. The Kier molecular flexibility index (Phi) is 6.31. The number of Topliss-reactive ketones (excluding diaryl/α,β-unsaturated/α-hetero) is 2. The zero-order valence-corrected chi connectivity index (χ0v) is 19.7. The molecule has 1 N–H and O–H groups in total. The van der Waals surface area contributed by atoms with Crippen LogP contribution in [0.5, 0.6) is 0 Å². The van der Waals surface area contributed by atoms with Gasteiger partial charge in [-0.25, -0.2) is 0 Å². The summed E-state index contributed by atoms with van der Waals surface area (Å²) in [7, 11) is 0. The summed E-state index contributed by atoms with van der Waals surface area (Å²) in [5.41, 5.74) is 3.53. The van der Waals surface area contributed by atoms with Crippen molar-refractivity contribution in [3.8, 4) is 6.07 Å². The van der Waals surface area contributed by atoms with Gasteiger partial charge in [-0.15, -0.1) is 11.3 Å². The second-order valence-corrected chi connectivity index (χ2v) is 9.68. The summed E-state index contributed by atoms with van der Waals surface area (Å²) in [4.78, 5) is 26.4. The Labute approximate surface area is 195 Å². The molecule has 0 radical (unpaired) electrons. The Bertz CT molecular complexity index is 1340. The van der Waals surface area contributed by atoms with E-state index in [2.05, 4.69) is 11.4 Å². The highest BCUT2D eigenvalue weighted by Gasteiger charge is 2.34. The van der Waals surface area contributed by atoms with E-state index >= 15 is 0 Å². The van der Waals surface area contributed by atoms with E-state index in [4.69, 9.17) is 0 Å². The van der Waals surface area contributed by atoms with Crippen molar-refractivity contribution in [2.24, 2.45) is 0 Å². The summed E-state index contributed by atoms with van der Waals surface area (Å²) >= 11 is 2.87. The first-order valence-electron chi connectivity index (χ1n) is 10.2. The molecule has 3 aromatic rings. The van der Waals surface area contributed by atoms with Gasteiger partial charge in [0.2, 0.25) is 0 Å². The number of aryl methyl sites for hydroxylation is 1. The summed E-state index contributed by atoms with van der Waals surface area (Å²) in [6, 6.07) is 18.0. The van der Waals surface area contributed by atoms with Crippen LogP contribution in [0.25, 0.3) is 10.8 Å². The van der Waals surface area contributed by atoms with E-state index in [1.807, 2.05) is 67.8 Å². The molecule has 0 amide bonds. The zero-order valence-electron chi connectivity index (χ0n) is 18.1. The van der Waals surface area contributed by atoms with Crippen LogP contribution in [-0.4, -0.2) is 17.3 Å².